The van der Waals surface area contributed by atoms with Crippen LogP contribution in [0.2, 0.25) is 10.0 Å². The first-order valence-electron chi connectivity index (χ1n) is 24.3. The van der Waals surface area contributed by atoms with E-state index in [9.17, 15) is 9.90 Å². The molecule has 5 aromatic rings. The number of rotatable bonds is 11. The van der Waals surface area contributed by atoms with Crippen LogP contribution in [0.4, 0.5) is 0 Å². The van der Waals surface area contributed by atoms with Crippen LogP contribution in [0.25, 0.3) is 21.3 Å². The van der Waals surface area contributed by atoms with E-state index in [-0.39, 0.29) is 43.6 Å². The molecule has 4 bridgehead atoms. The Labute approximate surface area is 416 Å². The summed E-state index contributed by atoms with van der Waals surface area (Å²) in [7, 11) is 2.13. The fourth-order valence-electron chi connectivity index (χ4n) is 10.1. The number of halogens is 2. The van der Waals surface area contributed by atoms with Crippen LogP contribution in [0.1, 0.15) is 89.9 Å². The van der Waals surface area contributed by atoms with Gasteiger partial charge >= 0.3 is 5.97 Å². The van der Waals surface area contributed by atoms with Crippen molar-refractivity contribution in [2.24, 2.45) is 0 Å². The number of ether oxygens (including phenoxy) is 7. The smallest absolute Gasteiger partial charge is 0.345 e. The van der Waals surface area contributed by atoms with Gasteiger partial charge in [0.1, 0.15) is 53.9 Å². The highest BCUT2D eigenvalue weighted by Gasteiger charge is 2.35. The van der Waals surface area contributed by atoms with Crippen molar-refractivity contribution in [1.29, 1.82) is 0 Å². The number of piperazine rings is 1. The van der Waals surface area contributed by atoms with E-state index in [4.69, 9.17) is 66.3 Å². The molecule has 4 aliphatic heterocycles. The van der Waals surface area contributed by atoms with Crippen molar-refractivity contribution < 1.29 is 43.1 Å². The maximum Gasteiger partial charge on any atom is 0.345 e. The third-order valence-electron chi connectivity index (χ3n) is 14.3. The maximum atomic E-state index is 13.4. The number of aromatic nitrogens is 4. The number of hydrogen-bond donors (Lipinski definition) is 1. The number of benzene rings is 2. The fraction of sp³-hybridized carbons (Fsp3) is 0.549. The van der Waals surface area contributed by atoms with Gasteiger partial charge < -0.3 is 43.2 Å². The fourth-order valence-corrected chi connectivity index (χ4v) is 11.9. The third-order valence-corrected chi connectivity index (χ3v) is 16.5. The van der Waals surface area contributed by atoms with Crippen LogP contribution in [0.3, 0.4) is 0 Å². The van der Waals surface area contributed by atoms with E-state index in [0.29, 0.717) is 87.7 Å². The normalized spacial score (nSPS) is 23.9. The molecule has 3 atom stereocenters. The first-order chi connectivity index (χ1) is 33.6. The number of carboxylic acids is 1. The first-order valence-corrected chi connectivity index (χ1v) is 25.9. The van der Waals surface area contributed by atoms with Gasteiger partial charge in [-0.15, -0.1) is 11.3 Å². The number of thiophene rings is 1. The van der Waals surface area contributed by atoms with Gasteiger partial charge in [-0.2, -0.15) is 0 Å². The molecule has 1 unspecified atom stereocenters. The lowest BCUT2D eigenvalue weighted by molar-refractivity contribution is -0.145. The Morgan fingerprint density at radius 2 is 1.70 bits per heavy atom. The molecule has 4 fully saturated rings. The van der Waals surface area contributed by atoms with Gasteiger partial charge in [-0.1, -0.05) is 29.6 Å². The van der Waals surface area contributed by atoms with Crippen molar-refractivity contribution in [2.75, 3.05) is 72.8 Å². The highest BCUT2D eigenvalue weighted by Crippen LogP contribution is 2.54. The Bertz CT molecular complexity index is 2600. The molecule has 11 rings (SSSR count). The summed E-state index contributed by atoms with van der Waals surface area (Å²) in [4.78, 5) is 38.9. The number of nitrogens with zero attached hydrogens (tertiary/aromatic N) is 6. The summed E-state index contributed by atoms with van der Waals surface area (Å²) in [6.45, 7) is 10.8. The van der Waals surface area contributed by atoms with E-state index in [1.54, 1.807) is 17.5 Å². The molecule has 0 amide bonds. The molecule has 0 radical (unpaired) electrons. The van der Waals surface area contributed by atoms with Crippen LogP contribution >= 0.6 is 34.5 Å². The SMILES string of the molecule is Cc1c(Cl)c2c(Cl)c(C)c1-c1c(C3CCC3)sc3ncnc(c13)O[C@@H](C(=O)O)Cc1cc(ccc1OCc1ccnc(C3CCC(OCC4COCCO4)CC3)n1)OC[C@@H](CN1CCN(C)CC1)O2. The van der Waals surface area contributed by atoms with Crippen LogP contribution in [-0.2, 0) is 32.0 Å². The molecule has 15 nitrogen and oxygen atoms in total. The second-order valence-corrected chi connectivity index (χ2v) is 20.8. The minimum atomic E-state index is -1.37. The quantitative estimate of drug-likeness (QED) is 0.134. The standard InChI is InChI=1S/C51H60Cl2N6O9S/c1-29-41-30(2)45(53)46(44(29)52)67-37(23-59-17-15-58(3)16-18-59)26-65-36-11-12-39(66-24-34-13-14-54-48(57-34)32-7-9-35(10-8-32)64-27-38-25-62-19-20-63-38)33(21-36)22-40(51(60)61)68-49-43-42(41)47(31-5-4-6-31)69-50(43)56-28-55-49/h11-14,21,28,31-32,35,37-38,40H,4-10,15-20,22-27H2,1-3H3,(H,60,61)/t32?,35?,37-,38?,40-/m1/s1. The van der Waals surface area contributed by atoms with E-state index >= 15 is 0 Å². The summed E-state index contributed by atoms with van der Waals surface area (Å²) in [5.74, 6) is 1.68. The van der Waals surface area contributed by atoms with Crippen molar-refractivity contribution in [1.82, 2.24) is 29.7 Å². The zero-order valence-corrected chi connectivity index (χ0v) is 41.8. The molecule has 7 heterocycles. The molecular weight excluding hydrogens is 944 g/mol. The van der Waals surface area contributed by atoms with Gasteiger partial charge in [0.05, 0.1) is 53.7 Å². The average Bonchev–Trinajstić information content (AvgIpc) is 3.71. The lowest BCUT2D eigenvalue weighted by Gasteiger charge is -2.35. The summed E-state index contributed by atoms with van der Waals surface area (Å²) in [6, 6.07) is 7.31. The maximum absolute atomic E-state index is 13.4. The lowest BCUT2D eigenvalue weighted by atomic mass is 9.80. The Morgan fingerprint density at radius 1 is 0.899 bits per heavy atom. The van der Waals surface area contributed by atoms with Gasteiger partial charge in [0.15, 0.2) is 5.75 Å². The van der Waals surface area contributed by atoms with Gasteiger partial charge in [0.2, 0.25) is 12.0 Å². The average molecular weight is 1000 g/mol. The number of fused-ring (bicyclic) bond motifs is 7. The summed E-state index contributed by atoms with van der Waals surface area (Å²) in [5, 5.41) is 12.4. The Kier molecular flexibility index (Phi) is 15.1. The van der Waals surface area contributed by atoms with E-state index in [2.05, 4.69) is 26.8 Å². The van der Waals surface area contributed by atoms with Crippen LogP contribution in [0, 0.1) is 13.8 Å². The lowest BCUT2D eigenvalue weighted by Crippen LogP contribution is -2.49. The molecule has 2 aliphatic carbocycles. The molecule has 2 aromatic carbocycles. The predicted octanol–water partition coefficient (Wildman–Crippen LogP) is 8.84. The van der Waals surface area contributed by atoms with Crippen LogP contribution in [0.15, 0.2) is 36.8 Å². The Hall–Kier alpha value is -4.39. The van der Waals surface area contributed by atoms with E-state index in [1.807, 2.05) is 38.1 Å². The summed E-state index contributed by atoms with van der Waals surface area (Å²) < 4.78 is 44.0. The molecule has 6 aliphatic rings. The van der Waals surface area contributed by atoms with Gasteiger partial charge in [-0.25, -0.2) is 24.7 Å². The Morgan fingerprint density at radius 3 is 2.42 bits per heavy atom. The van der Waals surface area contributed by atoms with Crippen molar-refractivity contribution in [3.63, 3.8) is 0 Å². The molecule has 18 heteroatoms. The van der Waals surface area contributed by atoms with Crippen molar-refractivity contribution >= 4 is 50.7 Å². The molecule has 1 N–H and O–H groups in total. The van der Waals surface area contributed by atoms with Gasteiger partial charge in [-0.3, -0.25) is 4.90 Å². The van der Waals surface area contributed by atoms with Crippen molar-refractivity contribution in [2.45, 2.75) is 108 Å². The monoisotopic (exact) mass is 1000 g/mol. The molecule has 0 spiro atoms. The zero-order valence-electron chi connectivity index (χ0n) is 39.4. The largest absolute Gasteiger partial charge is 0.490 e. The number of likely N-dealkylation sites (N-methyl/N-ethyl adjacent to an activating group) is 1. The van der Waals surface area contributed by atoms with Gasteiger partial charge in [0.25, 0.3) is 0 Å². The topological polar surface area (TPSA) is 160 Å². The molecule has 2 saturated carbocycles. The summed E-state index contributed by atoms with van der Waals surface area (Å²) in [6.07, 6.45) is 8.30. The molecule has 3 aromatic heterocycles. The van der Waals surface area contributed by atoms with Gasteiger partial charge in [-0.05, 0) is 106 Å². The van der Waals surface area contributed by atoms with Crippen LogP contribution in [-0.4, -0.2) is 138 Å². The second-order valence-electron chi connectivity index (χ2n) is 19.1. The number of carbonyl (C=O) groups is 1. The van der Waals surface area contributed by atoms with Crippen LogP contribution in [0.5, 0.6) is 23.1 Å². The van der Waals surface area contributed by atoms with Crippen molar-refractivity contribution in [3.05, 3.63) is 79.9 Å². The second kappa shape index (κ2) is 21.5. The van der Waals surface area contributed by atoms with Crippen LogP contribution < -0.4 is 18.9 Å². The summed E-state index contributed by atoms with van der Waals surface area (Å²) in [5.41, 5.74) is 4.60. The number of hydrogen-bond acceptors (Lipinski definition) is 15. The molecule has 69 heavy (non-hydrogen) atoms. The minimum absolute atomic E-state index is 0.0112. The van der Waals surface area contributed by atoms with Gasteiger partial charge in [0, 0.05) is 67.3 Å². The Balaban J connectivity index is 0.960. The van der Waals surface area contributed by atoms with Crippen molar-refractivity contribution in [3.8, 4) is 34.3 Å². The van der Waals surface area contributed by atoms with E-state index in [0.717, 1.165) is 104 Å². The molecule has 368 valence electrons. The molecule has 2 saturated heterocycles. The number of aliphatic carboxylic acids is 1. The highest BCUT2D eigenvalue weighted by molar-refractivity contribution is 7.19. The molecular formula is C51H60Cl2N6O9S. The first kappa shape index (κ1) is 48.2. The highest BCUT2D eigenvalue weighted by atomic mass is 35.5. The van der Waals surface area contributed by atoms with E-state index < -0.39 is 18.2 Å². The zero-order chi connectivity index (χ0) is 47.6. The third kappa shape index (κ3) is 10.8. The predicted molar refractivity (Wildman–Crippen MR) is 263 cm³/mol. The summed E-state index contributed by atoms with van der Waals surface area (Å²) >= 11 is 16.3. The number of carboxylic acid groups (broad SMARTS) is 1. The minimum Gasteiger partial charge on any atom is -0.490 e. The van der Waals surface area contributed by atoms with E-state index in [1.165, 1.54) is 6.33 Å².